The molecule has 104 valence electrons. The number of hydrogen-bond donors (Lipinski definition) is 1. The van der Waals surface area contributed by atoms with Crippen molar-refractivity contribution in [2.45, 2.75) is 6.42 Å². The molecule has 2 N–H and O–H groups in total. The Balaban J connectivity index is 2.48. The van der Waals surface area contributed by atoms with Crippen LogP contribution in [0.25, 0.3) is 0 Å². The molecule has 2 aromatic rings. The molecular formula is C14H12Cl2N2O2. The smallest absolute Gasteiger partial charge is 0.268 e. The van der Waals surface area contributed by atoms with E-state index in [0.29, 0.717) is 17.0 Å². The van der Waals surface area contributed by atoms with Gasteiger partial charge in [-0.3, -0.25) is 4.79 Å². The summed E-state index contributed by atoms with van der Waals surface area (Å²) in [6, 6.07) is 7.49. The number of primary amides is 1. The second-order valence-electron chi connectivity index (χ2n) is 4.10. The van der Waals surface area contributed by atoms with E-state index < -0.39 is 5.91 Å². The van der Waals surface area contributed by atoms with Crippen LogP contribution in [-0.2, 0) is 6.42 Å². The number of rotatable bonds is 4. The number of ether oxygens (including phenoxy) is 1. The fourth-order valence-electron chi connectivity index (χ4n) is 1.88. The summed E-state index contributed by atoms with van der Waals surface area (Å²) in [5.74, 6) is 0.0324. The van der Waals surface area contributed by atoms with Gasteiger partial charge in [-0.15, -0.1) is 0 Å². The highest BCUT2D eigenvalue weighted by Crippen LogP contribution is 2.31. The number of para-hydroxylation sites is 1. The largest absolute Gasteiger partial charge is 0.496 e. The first-order chi connectivity index (χ1) is 9.54. The first-order valence-electron chi connectivity index (χ1n) is 5.79. The fraction of sp³-hybridized carbons (Fsp3) is 0.143. The molecule has 1 amide bonds. The molecule has 1 heterocycles. The fourth-order valence-corrected chi connectivity index (χ4v) is 2.45. The molecule has 0 spiro atoms. The number of aromatic nitrogens is 1. The SMILES string of the molecule is COc1ccccc1Cc1c(Cl)cnc(C(N)=O)c1Cl. The minimum absolute atomic E-state index is 0.0148. The van der Waals surface area contributed by atoms with Gasteiger partial charge in [0.25, 0.3) is 5.91 Å². The monoisotopic (exact) mass is 310 g/mol. The molecule has 0 saturated carbocycles. The van der Waals surface area contributed by atoms with Gasteiger partial charge >= 0.3 is 0 Å². The zero-order valence-electron chi connectivity index (χ0n) is 10.7. The highest BCUT2D eigenvalue weighted by Gasteiger charge is 2.17. The Kier molecular flexibility index (Phi) is 4.47. The Hall–Kier alpha value is -1.78. The van der Waals surface area contributed by atoms with Crippen LogP contribution in [0.3, 0.4) is 0 Å². The van der Waals surface area contributed by atoms with E-state index in [1.165, 1.54) is 6.20 Å². The maximum Gasteiger partial charge on any atom is 0.268 e. The predicted molar refractivity (Wildman–Crippen MR) is 78.6 cm³/mol. The molecule has 0 aliphatic heterocycles. The van der Waals surface area contributed by atoms with Crippen molar-refractivity contribution in [3.8, 4) is 5.75 Å². The Bertz CT molecular complexity index is 660. The van der Waals surface area contributed by atoms with Crippen molar-refractivity contribution in [1.82, 2.24) is 4.98 Å². The maximum atomic E-state index is 11.3. The number of methoxy groups -OCH3 is 1. The first kappa shape index (κ1) is 14.6. The van der Waals surface area contributed by atoms with E-state index in [9.17, 15) is 4.79 Å². The highest BCUT2D eigenvalue weighted by atomic mass is 35.5. The van der Waals surface area contributed by atoms with Gasteiger partial charge in [-0.1, -0.05) is 41.4 Å². The molecule has 0 atom stereocenters. The van der Waals surface area contributed by atoms with Gasteiger partial charge < -0.3 is 10.5 Å². The second-order valence-corrected chi connectivity index (χ2v) is 4.89. The summed E-state index contributed by atoms with van der Waals surface area (Å²) in [5, 5.41) is 0.557. The van der Waals surface area contributed by atoms with Gasteiger partial charge in [0.15, 0.2) is 0 Å². The topological polar surface area (TPSA) is 65.2 Å². The molecule has 2 rings (SSSR count). The number of carbonyl (C=O) groups is 1. The summed E-state index contributed by atoms with van der Waals surface area (Å²) < 4.78 is 5.28. The van der Waals surface area contributed by atoms with Crippen LogP contribution in [0.4, 0.5) is 0 Å². The third kappa shape index (κ3) is 2.86. The molecule has 4 nitrogen and oxygen atoms in total. The van der Waals surface area contributed by atoms with Crippen molar-refractivity contribution >= 4 is 29.1 Å². The molecule has 0 unspecified atom stereocenters. The van der Waals surface area contributed by atoms with Gasteiger partial charge in [-0.05, 0) is 17.2 Å². The summed E-state index contributed by atoms with van der Waals surface area (Å²) >= 11 is 12.3. The maximum absolute atomic E-state index is 11.3. The molecule has 0 aliphatic rings. The number of halogens is 2. The Morgan fingerprint density at radius 1 is 1.35 bits per heavy atom. The number of benzene rings is 1. The van der Waals surface area contributed by atoms with E-state index in [1.54, 1.807) is 7.11 Å². The van der Waals surface area contributed by atoms with Crippen molar-refractivity contribution in [2.75, 3.05) is 7.11 Å². The summed E-state index contributed by atoms with van der Waals surface area (Å²) in [4.78, 5) is 15.1. The van der Waals surface area contributed by atoms with Crippen LogP contribution in [0.15, 0.2) is 30.5 Å². The van der Waals surface area contributed by atoms with E-state index >= 15 is 0 Å². The van der Waals surface area contributed by atoms with Crippen molar-refractivity contribution in [2.24, 2.45) is 5.73 Å². The third-order valence-corrected chi connectivity index (χ3v) is 3.59. The van der Waals surface area contributed by atoms with Gasteiger partial charge in [0.2, 0.25) is 0 Å². The van der Waals surface area contributed by atoms with Crippen LogP contribution in [0, 0.1) is 0 Å². The Morgan fingerprint density at radius 2 is 2.05 bits per heavy atom. The molecule has 1 aromatic heterocycles. The van der Waals surface area contributed by atoms with Crippen LogP contribution in [-0.4, -0.2) is 18.0 Å². The van der Waals surface area contributed by atoms with Crippen molar-refractivity contribution in [3.63, 3.8) is 0 Å². The standard InChI is InChI=1S/C14H12Cl2N2O2/c1-20-11-5-3-2-4-8(11)6-9-10(15)7-18-13(12(9)16)14(17)19/h2-5,7H,6H2,1H3,(H2,17,19). The average Bonchev–Trinajstić information content (AvgIpc) is 2.43. The van der Waals surface area contributed by atoms with E-state index in [2.05, 4.69) is 4.98 Å². The quantitative estimate of drug-likeness (QED) is 0.943. The molecule has 6 heteroatoms. The van der Waals surface area contributed by atoms with Crippen LogP contribution in [0.1, 0.15) is 21.6 Å². The molecular weight excluding hydrogens is 299 g/mol. The average molecular weight is 311 g/mol. The van der Waals surface area contributed by atoms with Crippen LogP contribution in [0.2, 0.25) is 10.0 Å². The first-order valence-corrected chi connectivity index (χ1v) is 6.54. The number of nitrogens with zero attached hydrogens (tertiary/aromatic N) is 1. The zero-order valence-corrected chi connectivity index (χ0v) is 12.2. The summed E-state index contributed by atoms with van der Waals surface area (Å²) in [6.45, 7) is 0. The summed E-state index contributed by atoms with van der Waals surface area (Å²) in [5.41, 5.74) is 6.75. The molecule has 0 saturated heterocycles. The Labute approximate surface area is 126 Å². The van der Waals surface area contributed by atoms with Gasteiger partial charge in [0.1, 0.15) is 11.4 Å². The van der Waals surface area contributed by atoms with Crippen LogP contribution in [0.5, 0.6) is 5.75 Å². The lowest BCUT2D eigenvalue weighted by Crippen LogP contribution is -2.14. The van der Waals surface area contributed by atoms with Crippen molar-refractivity contribution in [3.05, 3.63) is 57.3 Å². The number of carbonyl (C=O) groups excluding carboxylic acids is 1. The number of nitrogens with two attached hydrogens (primary N) is 1. The lowest BCUT2D eigenvalue weighted by atomic mass is 10.0. The zero-order chi connectivity index (χ0) is 14.7. The summed E-state index contributed by atoms with van der Waals surface area (Å²) in [6.07, 6.45) is 1.79. The normalized spacial score (nSPS) is 10.3. The predicted octanol–water partition coefficient (Wildman–Crippen LogP) is 3.09. The van der Waals surface area contributed by atoms with E-state index in [4.69, 9.17) is 33.7 Å². The van der Waals surface area contributed by atoms with E-state index in [0.717, 1.165) is 11.3 Å². The minimum Gasteiger partial charge on any atom is -0.496 e. The van der Waals surface area contributed by atoms with E-state index in [1.807, 2.05) is 24.3 Å². The lowest BCUT2D eigenvalue weighted by Gasteiger charge is -2.12. The minimum atomic E-state index is -0.687. The molecule has 1 aromatic carbocycles. The van der Waals surface area contributed by atoms with Crippen molar-refractivity contribution in [1.29, 1.82) is 0 Å². The van der Waals surface area contributed by atoms with Gasteiger partial charge in [0, 0.05) is 12.6 Å². The number of pyridine rings is 1. The molecule has 0 aliphatic carbocycles. The van der Waals surface area contributed by atoms with Crippen LogP contribution < -0.4 is 10.5 Å². The van der Waals surface area contributed by atoms with Gasteiger partial charge in [-0.2, -0.15) is 0 Å². The van der Waals surface area contributed by atoms with Gasteiger partial charge in [0.05, 0.1) is 17.2 Å². The third-order valence-electron chi connectivity index (χ3n) is 2.86. The highest BCUT2D eigenvalue weighted by molar-refractivity contribution is 6.37. The van der Waals surface area contributed by atoms with Crippen molar-refractivity contribution < 1.29 is 9.53 Å². The molecule has 20 heavy (non-hydrogen) atoms. The number of hydrogen-bond acceptors (Lipinski definition) is 3. The van der Waals surface area contributed by atoms with E-state index in [-0.39, 0.29) is 10.7 Å². The molecule has 0 bridgehead atoms. The van der Waals surface area contributed by atoms with Crippen LogP contribution >= 0.6 is 23.2 Å². The number of amides is 1. The second kappa shape index (κ2) is 6.11. The van der Waals surface area contributed by atoms with Gasteiger partial charge in [-0.25, -0.2) is 4.98 Å². The molecule has 0 fully saturated rings. The Morgan fingerprint density at radius 3 is 2.70 bits per heavy atom. The summed E-state index contributed by atoms with van der Waals surface area (Å²) in [7, 11) is 1.59. The lowest BCUT2D eigenvalue weighted by molar-refractivity contribution is 0.0995. The molecule has 0 radical (unpaired) electrons.